The molecule has 7 heteroatoms. The van der Waals surface area contributed by atoms with Crippen LogP contribution in [0.25, 0.3) is 32.2 Å². The zero-order valence-corrected chi connectivity index (χ0v) is 21.9. The van der Waals surface area contributed by atoms with Crippen molar-refractivity contribution in [1.82, 2.24) is 9.97 Å². The maximum Gasteiger partial charge on any atom is 0.337 e. The van der Waals surface area contributed by atoms with Gasteiger partial charge >= 0.3 is 5.97 Å². The van der Waals surface area contributed by atoms with Crippen molar-refractivity contribution >= 4 is 38.4 Å². The Balaban J connectivity index is 1.70. The molecular weight excluding hydrogens is 472 g/mol. The van der Waals surface area contributed by atoms with E-state index in [0.717, 1.165) is 67.8 Å². The molecule has 2 aromatic heterocycles. The van der Waals surface area contributed by atoms with Crippen molar-refractivity contribution in [3.05, 3.63) is 52.2 Å². The molecule has 2 aliphatic rings. The molecular formula is C29H30N2O4S. The van der Waals surface area contributed by atoms with Gasteiger partial charge in [0.1, 0.15) is 5.75 Å². The number of hydrogen-bond donors (Lipinski definition) is 1. The third-order valence-corrected chi connectivity index (χ3v) is 8.45. The SMILES string of the molecule is Cc1cc2nc(C3CCC3)sc2c(-c2ccc3c4c(ccnc24)CCO3)c1C(OC(C)(C)C)C(=O)O. The standard InChI is InChI=1S/C29H30N2O4S/c1-15-14-19-26(36-27(31-19)17-6-5-7-17)23(21(15)25(28(32)33)35-29(2,3)4)18-8-9-20-22-16(11-13-34-20)10-12-30-24(18)22/h8-10,12,14,17,25H,5-7,11,13H2,1-4H3,(H,32,33). The molecule has 1 unspecified atom stereocenters. The molecule has 1 N–H and O–H groups in total. The molecule has 0 bridgehead atoms. The second-order valence-corrected chi connectivity index (χ2v) is 11.9. The van der Waals surface area contributed by atoms with Gasteiger partial charge in [-0.15, -0.1) is 11.3 Å². The molecule has 0 spiro atoms. The minimum absolute atomic E-state index is 0.489. The summed E-state index contributed by atoms with van der Waals surface area (Å²) in [6.45, 7) is 8.27. The Morgan fingerprint density at radius 2 is 2.06 bits per heavy atom. The molecule has 186 valence electrons. The van der Waals surface area contributed by atoms with Gasteiger partial charge in [-0.1, -0.05) is 6.42 Å². The van der Waals surface area contributed by atoms with Crippen molar-refractivity contribution < 1.29 is 19.4 Å². The lowest BCUT2D eigenvalue weighted by Crippen LogP contribution is -2.28. The summed E-state index contributed by atoms with van der Waals surface area (Å²) in [5, 5.41) is 12.5. The Morgan fingerprint density at radius 3 is 2.75 bits per heavy atom. The first-order valence-electron chi connectivity index (χ1n) is 12.6. The van der Waals surface area contributed by atoms with E-state index in [1.807, 2.05) is 52.1 Å². The van der Waals surface area contributed by atoms with Crippen LogP contribution >= 0.6 is 11.3 Å². The van der Waals surface area contributed by atoms with Crippen molar-refractivity contribution in [1.29, 1.82) is 0 Å². The molecule has 0 amide bonds. The largest absolute Gasteiger partial charge is 0.493 e. The van der Waals surface area contributed by atoms with Crippen LogP contribution in [0.3, 0.4) is 0 Å². The van der Waals surface area contributed by atoms with Crippen molar-refractivity contribution in [3.63, 3.8) is 0 Å². The Labute approximate surface area is 214 Å². The molecule has 36 heavy (non-hydrogen) atoms. The lowest BCUT2D eigenvalue weighted by atomic mass is 9.86. The minimum Gasteiger partial charge on any atom is -0.493 e. The van der Waals surface area contributed by atoms with Crippen LogP contribution in [0.4, 0.5) is 0 Å². The zero-order valence-electron chi connectivity index (χ0n) is 21.1. The van der Waals surface area contributed by atoms with Crippen LogP contribution in [-0.2, 0) is 16.0 Å². The lowest BCUT2D eigenvalue weighted by Gasteiger charge is -2.28. The van der Waals surface area contributed by atoms with Crippen LogP contribution in [0.15, 0.2) is 30.5 Å². The van der Waals surface area contributed by atoms with Crippen LogP contribution in [0.2, 0.25) is 0 Å². The van der Waals surface area contributed by atoms with E-state index in [2.05, 4.69) is 6.07 Å². The monoisotopic (exact) mass is 502 g/mol. The predicted molar refractivity (Wildman–Crippen MR) is 142 cm³/mol. The highest BCUT2D eigenvalue weighted by Gasteiger charge is 2.34. The first kappa shape index (κ1) is 23.4. The first-order chi connectivity index (χ1) is 17.2. The fourth-order valence-corrected chi connectivity index (χ4v) is 6.64. The molecule has 0 radical (unpaired) electrons. The first-order valence-corrected chi connectivity index (χ1v) is 13.4. The molecule has 1 aliphatic carbocycles. The van der Waals surface area contributed by atoms with E-state index in [0.29, 0.717) is 18.1 Å². The second-order valence-electron chi connectivity index (χ2n) is 10.9. The number of aliphatic carboxylic acids is 1. The number of nitrogens with zero attached hydrogens (tertiary/aromatic N) is 2. The molecule has 6 nitrogen and oxygen atoms in total. The van der Waals surface area contributed by atoms with Gasteiger partial charge in [0.05, 0.1) is 32.9 Å². The summed E-state index contributed by atoms with van der Waals surface area (Å²) in [6, 6.07) is 8.09. The van der Waals surface area contributed by atoms with Crippen molar-refractivity contribution in [2.75, 3.05) is 6.61 Å². The van der Waals surface area contributed by atoms with E-state index in [1.54, 1.807) is 11.3 Å². The van der Waals surface area contributed by atoms with Gasteiger partial charge in [-0.25, -0.2) is 9.78 Å². The number of carboxylic acid groups (broad SMARTS) is 1. The summed E-state index contributed by atoms with van der Waals surface area (Å²) < 4.78 is 13.2. The van der Waals surface area contributed by atoms with Gasteiger partial charge < -0.3 is 14.6 Å². The number of benzene rings is 2. The number of hydrogen-bond acceptors (Lipinski definition) is 6. The van der Waals surface area contributed by atoms with Crippen LogP contribution in [0.5, 0.6) is 5.75 Å². The summed E-state index contributed by atoms with van der Waals surface area (Å²) >= 11 is 1.69. The molecule has 1 aliphatic heterocycles. The van der Waals surface area contributed by atoms with Crippen molar-refractivity contribution in [2.24, 2.45) is 0 Å². The number of aryl methyl sites for hydroxylation is 1. The number of aromatic nitrogens is 2. The molecule has 4 aromatic rings. The number of carbonyl (C=O) groups is 1. The molecule has 0 saturated heterocycles. The molecule has 1 fully saturated rings. The van der Waals surface area contributed by atoms with Crippen LogP contribution < -0.4 is 4.74 Å². The lowest BCUT2D eigenvalue weighted by molar-refractivity contribution is -0.160. The number of ether oxygens (including phenoxy) is 2. The summed E-state index contributed by atoms with van der Waals surface area (Å²) in [6.07, 6.45) is 5.09. The highest BCUT2D eigenvalue weighted by Crippen LogP contribution is 2.48. The van der Waals surface area contributed by atoms with Gasteiger partial charge in [-0.2, -0.15) is 0 Å². The van der Waals surface area contributed by atoms with Crippen molar-refractivity contribution in [3.8, 4) is 16.9 Å². The third kappa shape index (κ3) is 3.85. The van der Waals surface area contributed by atoms with Gasteiger partial charge in [0, 0.05) is 40.6 Å². The van der Waals surface area contributed by atoms with Crippen molar-refractivity contribution in [2.45, 2.75) is 71.0 Å². The van der Waals surface area contributed by atoms with E-state index in [-0.39, 0.29) is 0 Å². The Bertz CT molecular complexity index is 1500. The molecule has 6 rings (SSSR count). The minimum atomic E-state index is -1.12. The van der Waals surface area contributed by atoms with Gasteiger partial charge in [0.15, 0.2) is 6.10 Å². The third-order valence-electron chi connectivity index (χ3n) is 7.20. The maximum absolute atomic E-state index is 12.7. The molecule has 2 aromatic carbocycles. The fraction of sp³-hybridized carbons (Fsp3) is 0.414. The van der Waals surface area contributed by atoms with Gasteiger partial charge in [0.25, 0.3) is 0 Å². The van der Waals surface area contributed by atoms with E-state index in [1.165, 1.54) is 12.0 Å². The van der Waals surface area contributed by atoms with Crippen LogP contribution in [0, 0.1) is 6.92 Å². The number of carboxylic acids is 1. The van der Waals surface area contributed by atoms with E-state index >= 15 is 0 Å². The summed E-state index contributed by atoms with van der Waals surface area (Å²) in [5.41, 5.74) is 5.60. The Morgan fingerprint density at radius 1 is 1.25 bits per heavy atom. The second kappa shape index (κ2) is 8.53. The quantitative estimate of drug-likeness (QED) is 0.318. The van der Waals surface area contributed by atoms with Crippen LogP contribution in [0.1, 0.15) is 73.8 Å². The molecule has 1 saturated carbocycles. The predicted octanol–water partition coefficient (Wildman–Crippen LogP) is 6.96. The number of thiazole rings is 1. The number of pyridine rings is 1. The smallest absolute Gasteiger partial charge is 0.337 e. The average molecular weight is 503 g/mol. The van der Waals surface area contributed by atoms with Gasteiger partial charge in [-0.05, 0) is 75.9 Å². The summed E-state index contributed by atoms with van der Waals surface area (Å²) in [5.74, 6) is 0.313. The fourth-order valence-electron chi connectivity index (χ4n) is 5.35. The number of rotatable bonds is 5. The Kier molecular flexibility index (Phi) is 5.54. The van der Waals surface area contributed by atoms with E-state index in [4.69, 9.17) is 19.4 Å². The van der Waals surface area contributed by atoms with Gasteiger partial charge in [0.2, 0.25) is 0 Å². The zero-order chi connectivity index (χ0) is 25.2. The molecule has 1 atom stereocenters. The highest BCUT2D eigenvalue weighted by molar-refractivity contribution is 7.19. The van der Waals surface area contributed by atoms with E-state index in [9.17, 15) is 9.90 Å². The number of fused-ring (bicyclic) bond motifs is 1. The maximum atomic E-state index is 12.7. The van der Waals surface area contributed by atoms with E-state index < -0.39 is 17.7 Å². The Hall–Kier alpha value is -3.03. The van der Waals surface area contributed by atoms with Crippen LogP contribution in [-0.4, -0.2) is 33.3 Å². The topological polar surface area (TPSA) is 81.5 Å². The summed E-state index contributed by atoms with van der Waals surface area (Å²) in [7, 11) is 0. The summed E-state index contributed by atoms with van der Waals surface area (Å²) in [4.78, 5) is 22.5. The highest BCUT2D eigenvalue weighted by atomic mass is 32.1. The normalized spacial score (nSPS) is 16.7. The molecule has 3 heterocycles. The van der Waals surface area contributed by atoms with Gasteiger partial charge in [-0.3, -0.25) is 4.98 Å². The average Bonchev–Trinajstić information content (AvgIpc) is 3.18.